The van der Waals surface area contributed by atoms with E-state index in [2.05, 4.69) is 24.3 Å². The van der Waals surface area contributed by atoms with Crippen molar-refractivity contribution in [1.29, 1.82) is 0 Å². The molecule has 6 atom stereocenters. The topological polar surface area (TPSA) is 21.8 Å². The highest BCUT2D eigenvalue weighted by atomic mass is 16.7. The van der Waals surface area contributed by atoms with Crippen molar-refractivity contribution in [2.75, 3.05) is 0 Å². The number of hydrogen-bond acceptors (Lipinski definition) is 2. The molecule has 2 saturated heterocycles. The van der Waals surface area contributed by atoms with E-state index in [1.807, 2.05) is 0 Å². The zero-order chi connectivity index (χ0) is 10.8. The fraction of sp³-hybridized carbons (Fsp3) is 0.600. The standard InChI is InChI=1S/C15H14O2/c1-2-4-11-10(3-1)12-14-8-5-6-9(7-8)15(14,17-14)13(11)16-12/h1-4,8-9,12-13H,5-7H2/t8-,9+,12-,13+,14-,15+. The normalized spacial score (nSPS) is 59.1. The Labute approximate surface area is 99.9 Å². The predicted octanol–water partition coefficient (Wildman–Crippen LogP) is 2.75. The molecule has 4 bridgehead atoms. The van der Waals surface area contributed by atoms with Crippen LogP contribution in [0.15, 0.2) is 24.3 Å². The molecule has 0 N–H and O–H groups in total. The summed E-state index contributed by atoms with van der Waals surface area (Å²) in [6, 6.07) is 8.76. The SMILES string of the molecule is c1ccc2c(c1)[C@H]1O[C@@H]2[C@]23O[C@]12[C@@H]1CC[C@H]3C1. The van der Waals surface area contributed by atoms with E-state index < -0.39 is 0 Å². The first-order valence-electron chi connectivity index (χ1n) is 6.82. The Balaban J connectivity index is 1.67. The van der Waals surface area contributed by atoms with Gasteiger partial charge >= 0.3 is 0 Å². The number of ether oxygens (including phenoxy) is 2. The van der Waals surface area contributed by atoms with E-state index >= 15 is 0 Å². The molecule has 5 aliphatic rings. The molecule has 4 fully saturated rings. The molecule has 0 radical (unpaired) electrons. The number of hydrogen-bond donors (Lipinski definition) is 0. The molecule has 3 aliphatic heterocycles. The van der Waals surface area contributed by atoms with Crippen LogP contribution in [0.3, 0.4) is 0 Å². The van der Waals surface area contributed by atoms with Gasteiger partial charge < -0.3 is 9.47 Å². The van der Waals surface area contributed by atoms with Gasteiger partial charge in [0.15, 0.2) is 0 Å². The summed E-state index contributed by atoms with van der Waals surface area (Å²) in [7, 11) is 0. The number of rotatable bonds is 0. The van der Waals surface area contributed by atoms with Crippen LogP contribution >= 0.6 is 0 Å². The highest BCUT2D eigenvalue weighted by Crippen LogP contribution is 2.85. The summed E-state index contributed by atoms with van der Waals surface area (Å²) in [5, 5.41) is 0. The average molecular weight is 226 g/mol. The van der Waals surface area contributed by atoms with Crippen LogP contribution in [0.2, 0.25) is 0 Å². The lowest BCUT2D eigenvalue weighted by Crippen LogP contribution is -2.36. The van der Waals surface area contributed by atoms with Gasteiger partial charge in [-0.15, -0.1) is 0 Å². The Morgan fingerprint density at radius 2 is 1.53 bits per heavy atom. The van der Waals surface area contributed by atoms with Crippen molar-refractivity contribution in [3.63, 3.8) is 0 Å². The van der Waals surface area contributed by atoms with Crippen LogP contribution < -0.4 is 0 Å². The predicted molar refractivity (Wildman–Crippen MR) is 60.4 cm³/mol. The third-order valence-electron chi connectivity index (χ3n) is 6.16. The van der Waals surface area contributed by atoms with E-state index in [-0.39, 0.29) is 23.4 Å². The van der Waals surface area contributed by atoms with Gasteiger partial charge in [-0.05, 0) is 42.2 Å². The molecular weight excluding hydrogens is 212 g/mol. The minimum Gasteiger partial charge on any atom is -0.359 e. The number of epoxide rings is 1. The van der Waals surface area contributed by atoms with Crippen LogP contribution in [0.4, 0.5) is 0 Å². The van der Waals surface area contributed by atoms with Gasteiger partial charge in [0.05, 0.1) is 0 Å². The van der Waals surface area contributed by atoms with E-state index in [4.69, 9.17) is 9.47 Å². The monoisotopic (exact) mass is 226 g/mol. The molecule has 0 unspecified atom stereocenters. The zero-order valence-electron chi connectivity index (χ0n) is 9.56. The maximum atomic E-state index is 6.40. The Morgan fingerprint density at radius 1 is 0.941 bits per heavy atom. The summed E-state index contributed by atoms with van der Waals surface area (Å²) >= 11 is 0. The first-order valence-corrected chi connectivity index (χ1v) is 6.82. The van der Waals surface area contributed by atoms with E-state index in [0.29, 0.717) is 0 Å². The molecule has 2 aliphatic carbocycles. The second-order valence-electron chi connectivity index (χ2n) is 6.42. The van der Waals surface area contributed by atoms with Crippen molar-refractivity contribution in [2.24, 2.45) is 11.8 Å². The van der Waals surface area contributed by atoms with Gasteiger partial charge in [0.2, 0.25) is 0 Å². The molecule has 86 valence electrons. The molecule has 2 heteroatoms. The van der Waals surface area contributed by atoms with Crippen LogP contribution in [0, 0.1) is 11.8 Å². The molecule has 0 amide bonds. The second kappa shape index (κ2) is 2.08. The quantitative estimate of drug-likeness (QED) is 0.634. The number of fused-ring (bicyclic) bond motifs is 7. The minimum atomic E-state index is 0.106. The maximum Gasteiger partial charge on any atom is 0.134 e. The second-order valence-corrected chi connectivity index (χ2v) is 6.42. The van der Waals surface area contributed by atoms with E-state index in [9.17, 15) is 0 Å². The largest absolute Gasteiger partial charge is 0.359 e. The van der Waals surface area contributed by atoms with E-state index in [1.165, 1.54) is 30.4 Å². The Kier molecular flexibility index (Phi) is 1.01. The van der Waals surface area contributed by atoms with Crippen molar-refractivity contribution >= 4 is 0 Å². The van der Waals surface area contributed by atoms with Crippen molar-refractivity contribution in [3.8, 4) is 0 Å². The lowest BCUT2D eigenvalue weighted by molar-refractivity contribution is -0.0797. The summed E-state index contributed by atoms with van der Waals surface area (Å²) in [5.41, 5.74) is 3.04. The summed E-state index contributed by atoms with van der Waals surface area (Å²) in [6.07, 6.45) is 4.62. The van der Waals surface area contributed by atoms with Crippen molar-refractivity contribution < 1.29 is 9.47 Å². The van der Waals surface area contributed by atoms with Crippen LogP contribution in [-0.4, -0.2) is 11.2 Å². The molecule has 2 nitrogen and oxygen atoms in total. The van der Waals surface area contributed by atoms with Gasteiger partial charge in [-0.25, -0.2) is 0 Å². The van der Waals surface area contributed by atoms with Crippen LogP contribution in [-0.2, 0) is 9.47 Å². The fourth-order valence-corrected chi connectivity index (χ4v) is 5.70. The lowest BCUT2D eigenvalue weighted by atomic mass is 9.69. The van der Waals surface area contributed by atoms with Crippen LogP contribution in [0.5, 0.6) is 0 Å². The zero-order valence-corrected chi connectivity index (χ0v) is 9.56. The first-order chi connectivity index (χ1) is 8.38. The van der Waals surface area contributed by atoms with Gasteiger partial charge in [0.1, 0.15) is 23.4 Å². The molecular formula is C15H14O2. The first kappa shape index (κ1) is 8.28. The van der Waals surface area contributed by atoms with Gasteiger partial charge in [0.25, 0.3) is 0 Å². The molecule has 1 aromatic carbocycles. The highest BCUT2D eigenvalue weighted by Gasteiger charge is 2.93. The third kappa shape index (κ3) is 0.563. The smallest absolute Gasteiger partial charge is 0.134 e. The molecule has 0 aromatic heterocycles. The Bertz CT molecular complexity index is 521. The van der Waals surface area contributed by atoms with E-state index in [0.717, 1.165) is 11.8 Å². The van der Waals surface area contributed by atoms with Crippen LogP contribution in [0.1, 0.15) is 42.6 Å². The Hall–Kier alpha value is -0.860. The highest BCUT2D eigenvalue weighted by molar-refractivity contribution is 5.53. The third-order valence-corrected chi connectivity index (χ3v) is 6.16. The summed E-state index contributed by atoms with van der Waals surface area (Å²) in [4.78, 5) is 0. The lowest BCUT2D eigenvalue weighted by Gasteiger charge is -2.26. The molecule has 1 aromatic rings. The summed E-state index contributed by atoms with van der Waals surface area (Å²) < 4.78 is 12.7. The minimum absolute atomic E-state index is 0.106. The van der Waals surface area contributed by atoms with Gasteiger partial charge in [-0.3, -0.25) is 0 Å². The summed E-state index contributed by atoms with van der Waals surface area (Å²) in [6.45, 7) is 0. The van der Waals surface area contributed by atoms with E-state index in [1.54, 1.807) is 0 Å². The van der Waals surface area contributed by atoms with Gasteiger partial charge in [-0.2, -0.15) is 0 Å². The number of benzene rings is 1. The molecule has 0 spiro atoms. The molecule has 17 heavy (non-hydrogen) atoms. The maximum absolute atomic E-state index is 6.40. The fourth-order valence-electron chi connectivity index (χ4n) is 5.70. The average Bonchev–Trinajstić information content (AvgIpc) is 2.80. The van der Waals surface area contributed by atoms with Crippen LogP contribution in [0.25, 0.3) is 0 Å². The Morgan fingerprint density at radius 3 is 2.12 bits per heavy atom. The van der Waals surface area contributed by atoms with Crippen molar-refractivity contribution in [1.82, 2.24) is 0 Å². The van der Waals surface area contributed by atoms with Crippen molar-refractivity contribution in [3.05, 3.63) is 35.4 Å². The van der Waals surface area contributed by atoms with Gasteiger partial charge in [-0.1, -0.05) is 24.3 Å². The molecule has 6 rings (SSSR count). The molecule has 2 saturated carbocycles. The molecule has 3 heterocycles. The summed E-state index contributed by atoms with van der Waals surface area (Å²) in [5.74, 6) is 1.55. The van der Waals surface area contributed by atoms with Crippen molar-refractivity contribution in [2.45, 2.75) is 42.7 Å². The van der Waals surface area contributed by atoms with Gasteiger partial charge in [0, 0.05) is 0 Å².